The highest BCUT2D eigenvalue weighted by Gasteiger charge is 2.16. The number of hydrogen-bond acceptors (Lipinski definition) is 7. The average molecular weight is 432 g/mol. The van der Waals surface area contributed by atoms with Gasteiger partial charge in [-0.3, -0.25) is 9.59 Å². The summed E-state index contributed by atoms with van der Waals surface area (Å²) in [6.07, 6.45) is -0.508. The van der Waals surface area contributed by atoms with Crippen molar-refractivity contribution in [1.29, 1.82) is 0 Å². The van der Waals surface area contributed by atoms with Crippen molar-refractivity contribution in [2.24, 2.45) is 0 Å². The van der Waals surface area contributed by atoms with Crippen molar-refractivity contribution in [2.45, 2.75) is 38.2 Å². The van der Waals surface area contributed by atoms with Crippen molar-refractivity contribution in [1.82, 2.24) is 10.0 Å². The SMILES string of the molecule is CC(=O)NS(=O)(=O)c1ccc(NC(=O)CSCCNC(=O)OC(C)(C)C)cc1. The summed E-state index contributed by atoms with van der Waals surface area (Å²) in [7, 11) is -3.90. The summed E-state index contributed by atoms with van der Waals surface area (Å²) in [6, 6.07) is 5.44. The summed E-state index contributed by atoms with van der Waals surface area (Å²) in [5.41, 5.74) is -0.132. The van der Waals surface area contributed by atoms with Gasteiger partial charge in [-0.2, -0.15) is 11.8 Å². The van der Waals surface area contributed by atoms with E-state index in [-0.39, 0.29) is 16.6 Å². The van der Waals surface area contributed by atoms with E-state index in [2.05, 4.69) is 10.6 Å². The first-order chi connectivity index (χ1) is 12.9. The van der Waals surface area contributed by atoms with E-state index in [0.717, 1.165) is 6.92 Å². The number of benzene rings is 1. The van der Waals surface area contributed by atoms with Crippen LogP contribution in [0.4, 0.5) is 10.5 Å². The van der Waals surface area contributed by atoms with Gasteiger partial charge in [-0.25, -0.2) is 17.9 Å². The number of nitrogens with one attached hydrogen (secondary N) is 3. The lowest BCUT2D eigenvalue weighted by molar-refractivity contribution is -0.117. The van der Waals surface area contributed by atoms with Crippen LogP contribution < -0.4 is 15.4 Å². The maximum atomic E-state index is 11.9. The molecule has 0 heterocycles. The topological polar surface area (TPSA) is 131 Å². The quantitative estimate of drug-likeness (QED) is 0.534. The summed E-state index contributed by atoms with van der Waals surface area (Å²) in [5, 5.41) is 5.23. The Morgan fingerprint density at radius 1 is 1.11 bits per heavy atom. The Hall–Kier alpha value is -2.27. The minimum atomic E-state index is -3.90. The Morgan fingerprint density at radius 2 is 1.71 bits per heavy atom. The maximum absolute atomic E-state index is 11.9. The number of thioether (sulfide) groups is 1. The van der Waals surface area contributed by atoms with Gasteiger partial charge in [-0.1, -0.05) is 0 Å². The fourth-order valence-electron chi connectivity index (χ4n) is 1.87. The van der Waals surface area contributed by atoms with Gasteiger partial charge in [0, 0.05) is 24.9 Å². The molecule has 0 fully saturated rings. The molecule has 3 amide bonds. The number of amides is 3. The van der Waals surface area contributed by atoms with Crippen LogP contribution in [0, 0.1) is 0 Å². The van der Waals surface area contributed by atoms with Crippen LogP contribution in [0.3, 0.4) is 0 Å². The van der Waals surface area contributed by atoms with E-state index in [9.17, 15) is 22.8 Å². The van der Waals surface area contributed by atoms with Gasteiger partial charge in [0.05, 0.1) is 10.6 Å². The summed E-state index contributed by atoms with van der Waals surface area (Å²) in [4.78, 5) is 34.2. The molecule has 1 aromatic carbocycles. The van der Waals surface area contributed by atoms with Crippen molar-refractivity contribution in [2.75, 3.05) is 23.4 Å². The number of carbonyl (C=O) groups is 3. The number of ether oxygens (including phenoxy) is 1. The van der Waals surface area contributed by atoms with Gasteiger partial charge in [0.1, 0.15) is 5.60 Å². The number of sulfonamides is 1. The van der Waals surface area contributed by atoms with Crippen molar-refractivity contribution in [3.05, 3.63) is 24.3 Å². The molecule has 0 spiro atoms. The molecule has 0 aliphatic heterocycles. The van der Waals surface area contributed by atoms with Crippen LogP contribution >= 0.6 is 11.8 Å². The zero-order valence-electron chi connectivity index (χ0n) is 16.2. The molecular weight excluding hydrogens is 406 g/mol. The summed E-state index contributed by atoms with van der Waals surface area (Å²) >= 11 is 1.33. The monoisotopic (exact) mass is 431 g/mol. The Labute approximate surface area is 169 Å². The third-order valence-corrected chi connectivity index (χ3v) is 5.28. The molecule has 1 aromatic rings. The van der Waals surface area contributed by atoms with E-state index < -0.39 is 27.6 Å². The first-order valence-electron chi connectivity index (χ1n) is 8.37. The highest BCUT2D eigenvalue weighted by molar-refractivity contribution is 8.00. The minimum absolute atomic E-state index is 0.0803. The molecule has 0 unspecified atom stereocenters. The fourth-order valence-corrected chi connectivity index (χ4v) is 3.51. The maximum Gasteiger partial charge on any atom is 0.407 e. The second-order valence-corrected chi connectivity index (χ2v) is 9.50. The third kappa shape index (κ3) is 9.60. The van der Waals surface area contributed by atoms with E-state index in [1.807, 2.05) is 4.72 Å². The average Bonchev–Trinajstić information content (AvgIpc) is 2.52. The van der Waals surface area contributed by atoms with Crippen LogP contribution in [0.1, 0.15) is 27.7 Å². The molecule has 3 N–H and O–H groups in total. The van der Waals surface area contributed by atoms with Gasteiger partial charge < -0.3 is 15.4 Å². The van der Waals surface area contributed by atoms with Gasteiger partial charge in [-0.05, 0) is 45.0 Å². The molecule has 28 heavy (non-hydrogen) atoms. The Kier molecular flexibility index (Phi) is 8.76. The molecule has 0 aromatic heterocycles. The molecule has 1 rings (SSSR count). The van der Waals surface area contributed by atoms with E-state index in [4.69, 9.17) is 4.74 Å². The fraction of sp³-hybridized carbons (Fsp3) is 0.471. The van der Waals surface area contributed by atoms with Crippen molar-refractivity contribution in [3.8, 4) is 0 Å². The number of rotatable bonds is 8. The minimum Gasteiger partial charge on any atom is -0.444 e. The van der Waals surface area contributed by atoms with Crippen molar-refractivity contribution in [3.63, 3.8) is 0 Å². The van der Waals surface area contributed by atoms with Crippen LogP contribution in [0.5, 0.6) is 0 Å². The largest absolute Gasteiger partial charge is 0.444 e. The standard InChI is InChI=1S/C17H25N3O6S2/c1-12(21)20-28(24,25)14-7-5-13(6-8-14)19-15(22)11-27-10-9-18-16(23)26-17(2,3)4/h5-8H,9-11H2,1-4H3,(H,18,23)(H,19,22)(H,20,21). The van der Waals surface area contributed by atoms with Crippen LogP contribution in [-0.4, -0.2) is 50.0 Å². The van der Waals surface area contributed by atoms with Crippen LogP contribution in [0.25, 0.3) is 0 Å². The Bertz CT molecular complexity index is 801. The van der Waals surface area contributed by atoms with Gasteiger partial charge in [0.25, 0.3) is 10.0 Å². The van der Waals surface area contributed by atoms with Crippen molar-refractivity contribution < 1.29 is 27.5 Å². The normalized spacial score (nSPS) is 11.4. The lowest BCUT2D eigenvalue weighted by Gasteiger charge is -2.19. The van der Waals surface area contributed by atoms with Crippen LogP contribution in [0.15, 0.2) is 29.2 Å². The van der Waals surface area contributed by atoms with Crippen LogP contribution in [-0.2, 0) is 24.3 Å². The molecule has 156 valence electrons. The van der Waals surface area contributed by atoms with Crippen LogP contribution in [0.2, 0.25) is 0 Å². The molecule has 0 saturated heterocycles. The molecular formula is C17H25N3O6S2. The third-order valence-electron chi connectivity index (χ3n) is 2.87. The van der Waals surface area contributed by atoms with Gasteiger partial charge >= 0.3 is 6.09 Å². The van der Waals surface area contributed by atoms with E-state index in [1.54, 1.807) is 20.8 Å². The molecule has 0 bridgehead atoms. The molecule has 9 nitrogen and oxygen atoms in total. The Balaban J connectivity index is 2.36. The first kappa shape index (κ1) is 23.8. The van der Waals surface area contributed by atoms with E-state index >= 15 is 0 Å². The highest BCUT2D eigenvalue weighted by atomic mass is 32.2. The summed E-state index contributed by atoms with van der Waals surface area (Å²) in [5.74, 6) is -0.252. The zero-order valence-corrected chi connectivity index (χ0v) is 17.8. The predicted molar refractivity (Wildman–Crippen MR) is 108 cm³/mol. The lowest BCUT2D eigenvalue weighted by atomic mass is 10.2. The second kappa shape index (κ2) is 10.3. The molecule has 11 heteroatoms. The first-order valence-corrected chi connectivity index (χ1v) is 11.0. The lowest BCUT2D eigenvalue weighted by Crippen LogP contribution is -2.33. The zero-order chi connectivity index (χ0) is 21.4. The second-order valence-electron chi connectivity index (χ2n) is 6.72. The number of anilines is 1. The molecule has 0 aliphatic rings. The van der Waals surface area contributed by atoms with Gasteiger partial charge in [0.2, 0.25) is 11.8 Å². The smallest absolute Gasteiger partial charge is 0.407 e. The van der Waals surface area contributed by atoms with Crippen molar-refractivity contribution >= 4 is 45.4 Å². The molecule has 0 atom stereocenters. The highest BCUT2D eigenvalue weighted by Crippen LogP contribution is 2.14. The summed E-state index contributed by atoms with van der Waals surface area (Å²) < 4.78 is 30.6. The molecule has 0 radical (unpaired) electrons. The predicted octanol–water partition coefficient (Wildman–Crippen LogP) is 1.71. The molecule has 0 aliphatic carbocycles. The van der Waals surface area contributed by atoms with Gasteiger partial charge in [0.15, 0.2) is 0 Å². The molecule has 0 saturated carbocycles. The van der Waals surface area contributed by atoms with E-state index in [0.29, 0.717) is 18.0 Å². The Morgan fingerprint density at radius 3 is 2.25 bits per heavy atom. The number of carbonyl (C=O) groups excluding carboxylic acids is 3. The number of alkyl carbamates (subject to hydrolysis) is 1. The number of hydrogen-bond donors (Lipinski definition) is 3. The van der Waals surface area contributed by atoms with E-state index in [1.165, 1.54) is 36.0 Å². The van der Waals surface area contributed by atoms with Gasteiger partial charge in [-0.15, -0.1) is 0 Å². The summed E-state index contributed by atoms with van der Waals surface area (Å²) in [6.45, 7) is 6.78.